The van der Waals surface area contributed by atoms with Gasteiger partial charge in [-0.25, -0.2) is 0 Å². The van der Waals surface area contributed by atoms with Gasteiger partial charge in [-0.1, -0.05) is 0 Å². The average Bonchev–Trinajstić information content (AvgIpc) is 2.72. The summed E-state index contributed by atoms with van der Waals surface area (Å²) in [5, 5.41) is 1.49. The molecule has 0 radical (unpaired) electrons. The van der Waals surface area contributed by atoms with Gasteiger partial charge in [-0.3, -0.25) is 0 Å². The third-order valence-corrected chi connectivity index (χ3v) is 25.4. The quantitative estimate of drug-likeness (QED) is 0.131. The number of benzene rings is 2. The number of unbranched alkanes of at least 4 members (excludes halogenated alkanes) is 3. The van der Waals surface area contributed by atoms with E-state index in [1.807, 2.05) is 0 Å². The standard InChI is InChI=1S/C24H35PSe3/c1-3-4-5-12-21-27-22(2)28-25(26,19-17-23-13-8-6-9-14-23)20-18-24-15-10-7-11-16-24/h6-11,13-16,22H,3-5,12,17-21H2,1-2H3. The van der Waals surface area contributed by atoms with E-state index in [0.717, 1.165) is 33.2 Å². The topological polar surface area (TPSA) is 0 Å². The molecule has 154 valence electrons. The van der Waals surface area contributed by atoms with Gasteiger partial charge in [0.1, 0.15) is 0 Å². The molecule has 0 nitrogen and oxygen atoms in total. The number of aryl methyl sites for hydroxylation is 2. The minimum atomic E-state index is -0.965. The summed E-state index contributed by atoms with van der Waals surface area (Å²) < 4.78 is 0.0102. The SMILES string of the molecule is CCCCCC[Se]C(C)[Se]P(=[Se])(CCc1ccccc1)CCc1ccccc1. The fourth-order valence-corrected chi connectivity index (χ4v) is 31.3. The van der Waals surface area contributed by atoms with E-state index in [2.05, 4.69) is 89.6 Å². The normalized spacial score (nSPS) is 12.8. The van der Waals surface area contributed by atoms with Crippen molar-refractivity contribution in [3.8, 4) is 0 Å². The van der Waals surface area contributed by atoms with Crippen LogP contribution < -0.4 is 0 Å². The molecule has 0 fully saturated rings. The number of rotatable bonds is 14. The predicted octanol–water partition coefficient (Wildman–Crippen LogP) is 6.66. The summed E-state index contributed by atoms with van der Waals surface area (Å²) in [5.74, 6) is 0. The molecule has 0 aliphatic carbocycles. The summed E-state index contributed by atoms with van der Waals surface area (Å²) in [7, 11) is 0. The molecule has 0 saturated carbocycles. The van der Waals surface area contributed by atoms with Crippen molar-refractivity contribution in [3.63, 3.8) is 0 Å². The van der Waals surface area contributed by atoms with Gasteiger partial charge in [0.05, 0.1) is 0 Å². The van der Waals surface area contributed by atoms with Gasteiger partial charge in [-0.05, 0) is 0 Å². The zero-order valence-electron chi connectivity index (χ0n) is 17.4. The molecule has 28 heavy (non-hydrogen) atoms. The van der Waals surface area contributed by atoms with Crippen LogP contribution in [0.2, 0.25) is 9.03 Å². The van der Waals surface area contributed by atoms with Crippen LogP contribution in [0.4, 0.5) is 0 Å². The predicted molar refractivity (Wildman–Crippen MR) is 133 cm³/mol. The third kappa shape index (κ3) is 10.5. The molecular formula is C24H35PSe3. The van der Waals surface area contributed by atoms with Gasteiger partial charge < -0.3 is 0 Å². The van der Waals surface area contributed by atoms with Crippen LogP contribution in [0.5, 0.6) is 0 Å². The Morgan fingerprint density at radius 3 is 1.86 bits per heavy atom. The number of hydrogen-bond donors (Lipinski definition) is 0. The fourth-order valence-electron chi connectivity index (χ4n) is 3.18. The Balaban J connectivity index is 1.91. The van der Waals surface area contributed by atoms with E-state index in [9.17, 15) is 0 Å². The van der Waals surface area contributed by atoms with Gasteiger partial charge in [0.15, 0.2) is 0 Å². The van der Waals surface area contributed by atoms with Crippen molar-refractivity contribution in [1.29, 1.82) is 0 Å². The monoisotopic (exact) mass is 594 g/mol. The van der Waals surface area contributed by atoms with Gasteiger partial charge in [-0.15, -0.1) is 0 Å². The van der Waals surface area contributed by atoms with Gasteiger partial charge >= 0.3 is 194 Å². The van der Waals surface area contributed by atoms with E-state index >= 15 is 0 Å². The van der Waals surface area contributed by atoms with Crippen molar-refractivity contribution in [2.24, 2.45) is 0 Å². The van der Waals surface area contributed by atoms with Crippen molar-refractivity contribution in [1.82, 2.24) is 0 Å². The van der Waals surface area contributed by atoms with E-state index in [1.165, 1.54) is 67.3 Å². The van der Waals surface area contributed by atoms with Crippen LogP contribution >= 0.6 is 4.20 Å². The minimum absolute atomic E-state index is 0.779. The molecule has 4 heteroatoms. The van der Waals surface area contributed by atoms with Crippen LogP contribution in [0.25, 0.3) is 0 Å². The van der Waals surface area contributed by atoms with E-state index in [-0.39, 0.29) is 0 Å². The molecule has 1 atom stereocenters. The van der Waals surface area contributed by atoms with Crippen LogP contribution in [-0.2, 0) is 12.8 Å². The molecule has 1 unspecified atom stereocenters. The summed E-state index contributed by atoms with van der Waals surface area (Å²) in [4.78, 5) is 0. The van der Waals surface area contributed by atoms with Crippen LogP contribution in [0, 0.1) is 0 Å². The summed E-state index contributed by atoms with van der Waals surface area (Å²) in [5.41, 5.74) is 3.02. The van der Waals surface area contributed by atoms with E-state index in [0.29, 0.717) is 0 Å². The molecular weight excluding hydrogens is 556 g/mol. The molecule has 2 aromatic carbocycles. The summed E-state index contributed by atoms with van der Waals surface area (Å²) in [6, 6.07) is 22.2. The van der Waals surface area contributed by atoms with Crippen molar-refractivity contribution in [2.45, 2.75) is 61.4 Å². The van der Waals surface area contributed by atoms with Gasteiger partial charge in [0.2, 0.25) is 0 Å². The van der Waals surface area contributed by atoms with Crippen molar-refractivity contribution in [3.05, 3.63) is 71.8 Å². The first kappa shape index (κ1) is 24.7. The average molecular weight is 591 g/mol. The Hall–Kier alpha value is 0.428. The van der Waals surface area contributed by atoms with Gasteiger partial charge in [-0.2, -0.15) is 0 Å². The van der Waals surface area contributed by atoms with E-state index in [1.54, 1.807) is 0 Å². The van der Waals surface area contributed by atoms with Gasteiger partial charge in [0, 0.05) is 0 Å². The van der Waals surface area contributed by atoms with E-state index in [4.69, 9.17) is 0 Å². The Bertz CT molecular complexity index is 640. The maximum absolute atomic E-state index is 3.82. The second-order valence-electron chi connectivity index (χ2n) is 7.34. The Morgan fingerprint density at radius 1 is 0.821 bits per heavy atom. The summed E-state index contributed by atoms with van der Waals surface area (Å²) in [6.45, 7) is 4.86. The number of hydrogen-bond acceptors (Lipinski definition) is 0. The fraction of sp³-hybridized carbons (Fsp3) is 0.500. The second-order valence-corrected chi connectivity index (χ2v) is 29.7. The van der Waals surface area contributed by atoms with Crippen molar-refractivity contribution < 1.29 is 0 Å². The molecule has 0 N–H and O–H groups in total. The molecule has 0 aromatic heterocycles. The Kier molecular flexibility index (Phi) is 12.7. The molecule has 2 aromatic rings. The Morgan fingerprint density at radius 2 is 1.36 bits per heavy atom. The van der Waals surface area contributed by atoms with Crippen LogP contribution in [0.15, 0.2) is 60.7 Å². The first-order chi connectivity index (χ1) is 13.6. The van der Waals surface area contributed by atoms with Crippen molar-refractivity contribution >= 4 is 48.8 Å². The van der Waals surface area contributed by atoms with Crippen molar-refractivity contribution in [2.75, 3.05) is 12.3 Å². The summed E-state index contributed by atoms with van der Waals surface area (Å²) in [6.07, 6.45) is 10.9. The molecule has 0 saturated heterocycles. The third-order valence-electron chi connectivity index (χ3n) is 4.86. The zero-order chi connectivity index (χ0) is 20.1. The second kappa shape index (κ2) is 14.4. The van der Waals surface area contributed by atoms with Crippen LogP contribution in [0.3, 0.4) is 0 Å². The first-order valence-corrected chi connectivity index (χ1v) is 20.4. The van der Waals surface area contributed by atoms with Gasteiger partial charge in [0.25, 0.3) is 0 Å². The van der Waals surface area contributed by atoms with E-state index < -0.39 is 4.20 Å². The first-order valence-electron chi connectivity index (χ1n) is 10.6. The zero-order valence-corrected chi connectivity index (χ0v) is 23.4. The molecule has 0 aliphatic rings. The van der Waals surface area contributed by atoms with Crippen LogP contribution in [0.1, 0.15) is 50.7 Å². The molecule has 0 bridgehead atoms. The molecule has 0 spiro atoms. The molecule has 0 heterocycles. The Labute approximate surface area is 193 Å². The maximum atomic E-state index is 3.82. The summed E-state index contributed by atoms with van der Waals surface area (Å²) >= 11 is 5.44. The molecule has 2 rings (SSSR count). The van der Waals surface area contributed by atoms with Crippen LogP contribution in [-0.4, -0.2) is 56.9 Å². The molecule has 0 amide bonds. The molecule has 0 aliphatic heterocycles.